The van der Waals surface area contributed by atoms with E-state index in [1.807, 2.05) is 0 Å². The molecular formula is C13H10ClN5O. The van der Waals surface area contributed by atoms with Gasteiger partial charge >= 0.3 is 6.03 Å². The molecule has 1 aromatic carbocycles. The quantitative estimate of drug-likeness (QED) is 0.676. The molecule has 100 valence electrons. The Labute approximate surface area is 119 Å². The molecule has 7 heteroatoms. The highest BCUT2D eigenvalue weighted by Crippen LogP contribution is 2.20. The molecule has 0 atom stereocenters. The molecule has 0 spiro atoms. The average Bonchev–Trinajstić information content (AvgIpc) is 2.89. The molecule has 2 aromatic heterocycles. The fourth-order valence-electron chi connectivity index (χ4n) is 1.72. The summed E-state index contributed by atoms with van der Waals surface area (Å²) in [7, 11) is 0. The average molecular weight is 288 g/mol. The van der Waals surface area contributed by atoms with Gasteiger partial charge in [0.1, 0.15) is 5.52 Å². The number of halogens is 1. The van der Waals surface area contributed by atoms with Crippen molar-refractivity contribution >= 4 is 40.3 Å². The number of anilines is 2. The van der Waals surface area contributed by atoms with Crippen molar-refractivity contribution < 1.29 is 4.79 Å². The van der Waals surface area contributed by atoms with Gasteiger partial charge in [-0.1, -0.05) is 23.7 Å². The Morgan fingerprint density at radius 3 is 2.90 bits per heavy atom. The van der Waals surface area contributed by atoms with Crippen LogP contribution in [0.3, 0.4) is 0 Å². The summed E-state index contributed by atoms with van der Waals surface area (Å²) >= 11 is 5.96. The number of hydrogen-bond donors (Lipinski definition) is 3. The Kier molecular flexibility index (Phi) is 3.22. The SMILES string of the molecule is O=C(Nc1cnc2[nH]ccc2n1)Nc1ccccc1Cl. The molecule has 0 saturated heterocycles. The van der Waals surface area contributed by atoms with Crippen molar-refractivity contribution in [3.05, 3.63) is 47.7 Å². The number of aromatic nitrogens is 3. The summed E-state index contributed by atoms with van der Waals surface area (Å²) in [6, 6.07) is 8.33. The Morgan fingerprint density at radius 1 is 1.20 bits per heavy atom. The molecule has 20 heavy (non-hydrogen) atoms. The highest BCUT2D eigenvalue weighted by molar-refractivity contribution is 6.33. The van der Waals surface area contributed by atoms with Crippen molar-refractivity contribution in [1.29, 1.82) is 0 Å². The molecule has 0 fully saturated rings. The minimum Gasteiger partial charge on any atom is -0.345 e. The fraction of sp³-hybridized carbons (Fsp3) is 0. The van der Waals surface area contributed by atoms with Crippen LogP contribution in [0.25, 0.3) is 11.2 Å². The zero-order valence-electron chi connectivity index (χ0n) is 10.2. The Hall–Kier alpha value is -2.60. The number of H-pyrrole nitrogens is 1. The molecule has 0 saturated carbocycles. The molecular weight excluding hydrogens is 278 g/mol. The van der Waals surface area contributed by atoms with Gasteiger partial charge in [0.15, 0.2) is 11.5 Å². The lowest BCUT2D eigenvalue weighted by atomic mass is 10.3. The van der Waals surface area contributed by atoms with Crippen LogP contribution in [0.4, 0.5) is 16.3 Å². The Balaban J connectivity index is 1.74. The second-order valence-corrected chi connectivity index (χ2v) is 4.43. The van der Waals surface area contributed by atoms with Gasteiger partial charge in [-0.25, -0.2) is 14.8 Å². The number of rotatable bonds is 2. The number of carbonyl (C=O) groups is 1. The van der Waals surface area contributed by atoms with Gasteiger partial charge in [0.25, 0.3) is 0 Å². The third kappa shape index (κ3) is 2.55. The lowest BCUT2D eigenvalue weighted by Gasteiger charge is -2.08. The first kappa shape index (κ1) is 12.4. The van der Waals surface area contributed by atoms with Gasteiger partial charge in [-0.05, 0) is 18.2 Å². The highest BCUT2D eigenvalue weighted by atomic mass is 35.5. The molecule has 6 nitrogen and oxygen atoms in total. The number of para-hydroxylation sites is 1. The van der Waals surface area contributed by atoms with E-state index in [0.717, 1.165) is 0 Å². The zero-order chi connectivity index (χ0) is 13.9. The van der Waals surface area contributed by atoms with Gasteiger partial charge in [-0.2, -0.15) is 0 Å². The van der Waals surface area contributed by atoms with Crippen LogP contribution in [0.5, 0.6) is 0 Å². The van der Waals surface area contributed by atoms with E-state index in [2.05, 4.69) is 25.6 Å². The van der Waals surface area contributed by atoms with E-state index in [1.165, 1.54) is 6.20 Å². The van der Waals surface area contributed by atoms with Gasteiger partial charge in [0, 0.05) is 6.20 Å². The third-order valence-corrected chi connectivity index (χ3v) is 2.95. The first-order valence-electron chi connectivity index (χ1n) is 5.85. The summed E-state index contributed by atoms with van der Waals surface area (Å²) in [4.78, 5) is 23.2. The predicted octanol–water partition coefficient (Wildman–Crippen LogP) is 3.26. The molecule has 2 heterocycles. The van der Waals surface area contributed by atoms with Crippen LogP contribution in [0.15, 0.2) is 42.7 Å². The van der Waals surface area contributed by atoms with Crippen LogP contribution in [0, 0.1) is 0 Å². The van der Waals surface area contributed by atoms with Crippen LogP contribution < -0.4 is 10.6 Å². The van der Waals surface area contributed by atoms with Crippen LogP contribution in [-0.2, 0) is 0 Å². The summed E-state index contributed by atoms with van der Waals surface area (Å²) < 4.78 is 0. The number of benzene rings is 1. The van der Waals surface area contributed by atoms with Gasteiger partial charge in [-0.15, -0.1) is 0 Å². The number of nitrogens with one attached hydrogen (secondary N) is 3. The summed E-state index contributed by atoms with van der Waals surface area (Å²) in [5.41, 5.74) is 1.88. The molecule has 2 amide bonds. The topological polar surface area (TPSA) is 82.7 Å². The molecule has 0 aliphatic heterocycles. The fourth-order valence-corrected chi connectivity index (χ4v) is 1.91. The summed E-state index contributed by atoms with van der Waals surface area (Å²) in [5.74, 6) is 0.363. The van der Waals surface area contributed by atoms with E-state index in [1.54, 1.807) is 36.5 Å². The first-order chi connectivity index (χ1) is 9.72. The zero-order valence-corrected chi connectivity index (χ0v) is 11.0. The predicted molar refractivity (Wildman–Crippen MR) is 78.0 cm³/mol. The van der Waals surface area contributed by atoms with Crippen molar-refractivity contribution in [3.8, 4) is 0 Å². The highest BCUT2D eigenvalue weighted by Gasteiger charge is 2.07. The van der Waals surface area contributed by atoms with Crippen molar-refractivity contribution in [2.24, 2.45) is 0 Å². The number of hydrogen-bond acceptors (Lipinski definition) is 3. The van der Waals surface area contributed by atoms with Gasteiger partial charge in [0.2, 0.25) is 0 Å². The number of fused-ring (bicyclic) bond motifs is 1. The number of amides is 2. The monoisotopic (exact) mass is 287 g/mol. The number of nitrogens with zero attached hydrogens (tertiary/aromatic N) is 2. The summed E-state index contributed by atoms with van der Waals surface area (Å²) in [6.45, 7) is 0. The van der Waals surface area contributed by atoms with E-state index in [4.69, 9.17) is 11.6 Å². The number of carbonyl (C=O) groups excluding carboxylic acids is 1. The molecule has 3 aromatic rings. The maximum Gasteiger partial charge on any atom is 0.324 e. The maximum absolute atomic E-state index is 11.9. The molecule has 0 radical (unpaired) electrons. The minimum absolute atomic E-state index is 0.363. The van der Waals surface area contributed by atoms with Crippen LogP contribution in [0.1, 0.15) is 0 Å². The normalized spacial score (nSPS) is 10.4. The van der Waals surface area contributed by atoms with Gasteiger partial charge < -0.3 is 10.3 Å². The summed E-state index contributed by atoms with van der Waals surface area (Å²) in [6.07, 6.45) is 3.21. The van der Waals surface area contributed by atoms with E-state index < -0.39 is 6.03 Å². The first-order valence-corrected chi connectivity index (χ1v) is 6.23. The second-order valence-electron chi connectivity index (χ2n) is 4.03. The largest absolute Gasteiger partial charge is 0.345 e. The molecule has 3 rings (SSSR count). The number of urea groups is 1. The summed E-state index contributed by atoms with van der Waals surface area (Å²) in [5, 5.41) is 5.71. The number of aromatic amines is 1. The lowest BCUT2D eigenvalue weighted by molar-refractivity contribution is 0.262. The van der Waals surface area contributed by atoms with Crippen LogP contribution in [0.2, 0.25) is 5.02 Å². The smallest absolute Gasteiger partial charge is 0.324 e. The molecule has 3 N–H and O–H groups in total. The molecule has 0 aliphatic rings. The van der Waals surface area contributed by atoms with E-state index >= 15 is 0 Å². The van der Waals surface area contributed by atoms with Gasteiger partial charge in [-0.3, -0.25) is 5.32 Å². The lowest BCUT2D eigenvalue weighted by Crippen LogP contribution is -2.20. The molecule has 0 aliphatic carbocycles. The Bertz CT molecular complexity index is 770. The second kappa shape index (κ2) is 5.18. The molecule has 0 unspecified atom stereocenters. The van der Waals surface area contributed by atoms with Crippen molar-refractivity contribution in [1.82, 2.24) is 15.0 Å². The molecule has 0 bridgehead atoms. The van der Waals surface area contributed by atoms with Crippen molar-refractivity contribution in [2.45, 2.75) is 0 Å². The van der Waals surface area contributed by atoms with Crippen molar-refractivity contribution in [2.75, 3.05) is 10.6 Å². The van der Waals surface area contributed by atoms with E-state index in [-0.39, 0.29) is 0 Å². The third-order valence-electron chi connectivity index (χ3n) is 2.62. The van der Waals surface area contributed by atoms with Crippen molar-refractivity contribution in [3.63, 3.8) is 0 Å². The maximum atomic E-state index is 11.9. The van der Waals surface area contributed by atoms with Gasteiger partial charge in [0.05, 0.1) is 16.9 Å². The standard InChI is InChI=1S/C13H10ClN5O/c14-8-3-1-2-4-9(8)18-13(20)19-11-7-16-12-10(17-11)5-6-15-12/h1-7H,(H,15,16)(H2,17,18,19,20). The van der Waals surface area contributed by atoms with Crippen LogP contribution >= 0.6 is 11.6 Å². The van der Waals surface area contributed by atoms with E-state index in [0.29, 0.717) is 27.7 Å². The van der Waals surface area contributed by atoms with Crippen LogP contribution in [-0.4, -0.2) is 21.0 Å². The Morgan fingerprint density at radius 2 is 2.05 bits per heavy atom. The van der Waals surface area contributed by atoms with E-state index in [9.17, 15) is 4.79 Å². The minimum atomic E-state index is -0.428.